The number of ether oxygens (including phenoxy) is 4. The van der Waals surface area contributed by atoms with Gasteiger partial charge in [-0.1, -0.05) is 12.8 Å². The number of nitrogens with two attached hydrogens (primary N) is 2. The van der Waals surface area contributed by atoms with E-state index in [2.05, 4.69) is 102 Å². The van der Waals surface area contributed by atoms with E-state index in [4.69, 9.17) is 30.4 Å². The summed E-state index contributed by atoms with van der Waals surface area (Å²) in [7, 11) is 7.04. The largest absolute Gasteiger partial charge is 0.378 e. The first kappa shape index (κ1) is 106. The van der Waals surface area contributed by atoms with Crippen molar-refractivity contribution in [1.82, 2.24) is 31.9 Å². The Morgan fingerprint density at radius 1 is 0.395 bits per heavy atom. The summed E-state index contributed by atoms with van der Waals surface area (Å²) in [5.41, 5.74) is 10.7. The van der Waals surface area contributed by atoms with Crippen LogP contribution in [-0.4, -0.2) is 211 Å². The monoisotopic (exact) mass is 1660 g/mol. The van der Waals surface area contributed by atoms with Gasteiger partial charge in [0.25, 0.3) is 0 Å². The number of amides is 2. The minimum absolute atomic E-state index is 0. The van der Waals surface area contributed by atoms with Crippen molar-refractivity contribution in [1.29, 1.82) is 0 Å². The minimum atomic E-state index is -0.250. The molecular formula is C56H108N8O10S8Y4-8. The summed E-state index contributed by atoms with van der Waals surface area (Å²) in [5.74, 6) is 7.25. The molecule has 2 amide bonds. The van der Waals surface area contributed by atoms with Crippen molar-refractivity contribution in [3.05, 3.63) is 51.4 Å². The number of hydrogen-bond donors (Lipinski definition) is 12. The van der Waals surface area contributed by atoms with Crippen molar-refractivity contribution in [2.24, 2.45) is 11.5 Å². The molecule has 0 aliphatic carbocycles. The van der Waals surface area contributed by atoms with Gasteiger partial charge in [-0.05, 0) is 66.5 Å². The first-order valence-corrected chi connectivity index (χ1v) is 35.9. The second-order valence-corrected chi connectivity index (χ2v) is 24.3. The van der Waals surface area contributed by atoms with Crippen molar-refractivity contribution in [2.45, 2.75) is 104 Å². The zero-order chi connectivity index (χ0) is 61.6. The topological polar surface area (TPSA) is 264 Å². The molecule has 0 aliphatic heterocycles. The molecule has 0 heterocycles. The van der Waals surface area contributed by atoms with Gasteiger partial charge in [-0.25, -0.2) is 50.5 Å². The van der Waals surface area contributed by atoms with Crippen LogP contribution in [0.25, 0.3) is 0 Å². The molecule has 500 valence electrons. The smallest absolute Gasteiger partial charge is 0.237 e. The zero-order valence-corrected chi connectivity index (χ0v) is 70.4. The van der Waals surface area contributed by atoms with Gasteiger partial charge < -0.3 is 133 Å². The van der Waals surface area contributed by atoms with Crippen molar-refractivity contribution >= 4 is 129 Å². The average molecular weight is 1670 g/mol. The van der Waals surface area contributed by atoms with Crippen LogP contribution in [0.1, 0.15) is 91.9 Å². The van der Waals surface area contributed by atoms with Gasteiger partial charge in [-0.3, -0.25) is 9.59 Å². The van der Waals surface area contributed by atoms with Gasteiger partial charge in [-0.2, -0.15) is 0 Å². The van der Waals surface area contributed by atoms with Crippen LogP contribution in [0.3, 0.4) is 0 Å². The van der Waals surface area contributed by atoms with E-state index in [1.807, 2.05) is 32.1 Å². The first-order chi connectivity index (χ1) is 39.8. The molecule has 0 saturated carbocycles. The van der Waals surface area contributed by atoms with E-state index in [1.54, 1.807) is 70.9 Å². The fraction of sp³-hybridized carbons (Fsp3) is 0.750. The third-order valence-corrected chi connectivity index (χ3v) is 15.4. The molecule has 4 radical (unpaired) electrons. The Labute approximate surface area is 661 Å². The predicted octanol–water partition coefficient (Wildman–Crippen LogP) is 5.62. The SMILES string of the molecule is CC(=O)C[CH-]CS.CC(=O)C[CH-]CS.CC(=O)C[CH-]CSSC[CH-]CNCCCCC(NC[CH-]CSSC[CH-]CC(C)=O)C(=O)NCCOCCOCCN.NCCOCCOCCNC(=O)C(CCCCNC[CH-]CS)NC[CH-]CS.[Y].[Y].[Y].[Y]. The second-order valence-electron chi connectivity index (χ2n) is 17.7. The van der Waals surface area contributed by atoms with E-state index in [0.717, 1.165) is 93.5 Å². The number of unbranched alkanes of at least 4 members (excludes halogenated alkanes) is 2. The first-order valence-electron chi connectivity index (χ1n) is 28.3. The quantitative estimate of drug-likeness (QED) is 0.0153. The van der Waals surface area contributed by atoms with E-state index >= 15 is 0 Å². The Morgan fingerprint density at radius 3 is 1.03 bits per heavy atom. The van der Waals surface area contributed by atoms with E-state index < -0.39 is 0 Å². The third kappa shape index (κ3) is 99.5. The maximum Gasteiger partial charge on any atom is 0.237 e. The third-order valence-electron chi connectivity index (χ3n) is 9.93. The van der Waals surface area contributed by atoms with E-state index in [1.165, 1.54) is 0 Å². The summed E-state index contributed by atoms with van der Waals surface area (Å²) in [6.07, 6.45) is 23.9. The van der Waals surface area contributed by atoms with Gasteiger partial charge in [0.15, 0.2) is 0 Å². The van der Waals surface area contributed by atoms with E-state index in [9.17, 15) is 28.8 Å². The van der Waals surface area contributed by atoms with Crippen molar-refractivity contribution in [2.75, 3.05) is 164 Å². The predicted molar refractivity (Wildman–Crippen MR) is 365 cm³/mol. The van der Waals surface area contributed by atoms with Gasteiger partial charge in [0, 0.05) is 157 Å². The van der Waals surface area contributed by atoms with Crippen LogP contribution in [-0.2, 0) is 179 Å². The van der Waals surface area contributed by atoms with Crippen LogP contribution < -0.4 is 43.4 Å². The van der Waals surface area contributed by atoms with Crippen LogP contribution in [0.5, 0.6) is 0 Å². The Kier molecular flexibility index (Phi) is 116. The average Bonchev–Trinajstić information content (AvgIpc) is 3.52. The molecule has 30 heteroatoms. The van der Waals surface area contributed by atoms with Gasteiger partial charge in [-0.15, -0.1) is 141 Å². The van der Waals surface area contributed by atoms with Crippen molar-refractivity contribution < 1.29 is 179 Å². The Balaban J connectivity index is -0.000000193. The Hall–Kier alpha value is 4.44. The van der Waals surface area contributed by atoms with Gasteiger partial charge in [0.1, 0.15) is 23.1 Å². The fourth-order valence-electron chi connectivity index (χ4n) is 5.95. The number of carbonyl (C=O) groups is 6. The summed E-state index contributed by atoms with van der Waals surface area (Å²) >= 11 is 16.1. The van der Waals surface area contributed by atoms with Crippen LogP contribution in [0.4, 0.5) is 0 Å². The maximum atomic E-state index is 12.8. The molecule has 0 aromatic rings. The van der Waals surface area contributed by atoms with Crippen LogP contribution in [0.2, 0.25) is 0 Å². The summed E-state index contributed by atoms with van der Waals surface area (Å²) in [6.45, 7) is 17.2. The van der Waals surface area contributed by atoms with Gasteiger partial charge in [0.05, 0.1) is 64.9 Å². The molecule has 86 heavy (non-hydrogen) atoms. The number of nitrogens with one attached hydrogen (secondary N) is 6. The van der Waals surface area contributed by atoms with Gasteiger partial charge >= 0.3 is 0 Å². The number of thiol groups is 4. The molecule has 0 bridgehead atoms. The van der Waals surface area contributed by atoms with Gasteiger partial charge in [0.2, 0.25) is 11.8 Å². The number of ketones is 4. The standard InChI is InChI=1S/C28H52N4O5S4.C18H38N4O3S2.2C5H9OS.4Y/c1-25(33)9-5-21-38-40-23-7-14-30-13-4-3-11-27(28(35)32-16-18-37-20-19-36-17-12-29)31-15-8-24-41-39-22-6-10-26(2)34;19-6-11-24-13-14-25-12-10-22-18(23)17(21-9-4-16-27)5-1-2-7-20-8-3-15-26;2*1-5(6)3-2-4-7;;;;/h5-8,27,30-31H,3-4,9-24,29H2,1-2H3,(H,32,35);3-4,17,20-21,26-27H,1-2,5-16,19H2,(H,22,23);2*2,7H,3-4H2,1H3;;;;/q-4;-2;2*-1;;;;. The van der Waals surface area contributed by atoms with Crippen LogP contribution in [0.15, 0.2) is 0 Å². The summed E-state index contributed by atoms with van der Waals surface area (Å²) in [4.78, 5) is 67.4. The number of Topliss-reactive ketones (excluding diaryl/α,β-unsaturated/α-hetero) is 4. The molecule has 0 spiro atoms. The van der Waals surface area contributed by atoms with Crippen LogP contribution >= 0.6 is 93.7 Å². The van der Waals surface area contributed by atoms with Crippen molar-refractivity contribution in [3.63, 3.8) is 0 Å². The molecule has 0 aliphatic rings. The molecule has 0 aromatic heterocycles. The Morgan fingerprint density at radius 2 is 0.698 bits per heavy atom. The molecule has 0 fully saturated rings. The molecule has 2 atom stereocenters. The normalized spacial score (nSPS) is 11.0. The summed E-state index contributed by atoms with van der Waals surface area (Å²) in [5, 5.41) is 19.4. The van der Waals surface area contributed by atoms with Crippen molar-refractivity contribution in [3.8, 4) is 0 Å². The van der Waals surface area contributed by atoms with E-state index in [-0.39, 0.29) is 178 Å². The molecule has 0 saturated heterocycles. The fourth-order valence-corrected chi connectivity index (χ4v) is 10.0. The molecule has 2 unspecified atom stereocenters. The van der Waals surface area contributed by atoms with Crippen LogP contribution in [0, 0.1) is 51.4 Å². The Bertz CT molecular complexity index is 1420. The number of carbonyl (C=O) groups excluding carboxylic acids is 6. The molecule has 18 nitrogen and oxygen atoms in total. The van der Waals surface area contributed by atoms with E-state index in [0.29, 0.717) is 135 Å². The maximum absolute atomic E-state index is 12.8. The summed E-state index contributed by atoms with van der Waals surface area (Å²) < 4.78 is 21.4. The summed E-state index contributed by atoms with van der Waals surface area (Å²) in [6, 6.07) is -0.446. The number of hydrogen-bond acceptors (Lipinski definition) is 24. The molecule has 10 N–H and O–H groups in total. The molecule has 0 rings (SSSR count). The molecular weight excluding hydrogens is 1560 g/mol. The zero-order valence-electron chi connectivity index (χ0n) is 52.2. The number of rotatable bonds is 60. The second kappa shape index (κ2) is 93.6. The molecule has 0 aromatic carbocycles. The minimum Gasteiger partial charge on any atom is -0.378 e.